The van der Waals surface area contributed by atoms with Crippen molar-refractivity contribution in [3.8, 4) is 6.07 Å². The minimum absolute atomic E-state index is 0.00867. The van der Waals surface area contributed by atoms with Crippen molar-refractivity contribution in [2.24, 2.45) is 0 Å². The number of nitriles is 1. The highest BCUT2D eigenvalue weighted by atomic mass is 35.5. The number of nitrogens with one attached hydrogen (secondary N) is 1. The van der Waals surface area contributed by atoms with Crippen LogP contribution in [0.4, 0.5) is 17.6 Å². The van der Waals surface area contributed by atoms with Crippen molar-refractivity contribution in [1.82, 2.24) is 5.32 Å². The van der Waals surface area contributed by atoms with E-state index in [1.807, 2.05) is 6.07 Å². The van der Waals surface area contributed by atoms with Crippen molar-refractivity contribution in [3.05, 3.63) is 74.5 Å². The first-order valence-electron chi connectivity index (χ1n) is 9.19. The van der Waals surface area contributed by atoms with Crippen molar-refractivity contribution in [1.29, 1.82) is 5.26 Å². The number of benzene rings is 2. The summed E-state index contributed by atoms with van der Waals surface area (Å²) in [5.41, 5.74) is -0.598. The number of allylic oxidation sites excluding steroid dienone is 1. The summed E-state index contributed by atoms with van der Waals surface area (Å²) in [6.45, 7) is 1.34. The second-order valence-electron chi connectivity index (χ2n) is 7.40. The van der Waals surface area contributed by atoms with Crippen molar-refractivity contribution in [2.45, 2.75) is 37.4 Å². The fraction of sp³-hybridized carbons (Fsp3) is 0.273. The topological polar surface area (TPSA) is 52.9 Å². The molecule has 1 saturated carbocycles. The van der Waals surface area contributed by atoms with E-state index >= 15 is 0 Å². The minimum atomic E-state index is -4.64. The smallest absolute Gasteiger partial charge is 0.334 e. The van der Waals surface area contributed by atoms with Gasteiger partial charge in [0.05, 0.1) is 27.6 Å². The van der Waals surface area contributed by atoms with E-state index in [2.05, 4.69) is 5.32 Å². The highest BCUT2D eigenvalue weighted by Crippen LogP contribution is 2.39. The summed E-state index contributed by atoms with van der Waals surface area (Å²) >= 11 is 11.9. The Bertz CT molecular complexity index is 1080. The van der Waals surface area contributed by atoms with Crippen LogP contribution in [-0.4, -0.2) is 17.6 Å². The maximum absolute atomic E-state index is 13.7. The van der Waals surface area contributed by atoms with Crippen LogP contribution in [-0.2, 0) is 0 Å². The third-order valence-corrected chi connectivity index (χ3v) is 5.57. The molecule has 3 rings (SSSR count). The second-order valence-corrected chi connectivity index (χ2v) is 8.21. The van der Waals surface area contributed by atoms with Gasteiger partial charge in [-0.15, -0.1) is 0 Å². The van der Waals surface area contributed by atoms with Gasteiger partial charge in [0.15, 0.2) is 0 Å². The average molecular weight is 471 g/mol. The monoisotopic (exact) mass is 470 g/mol. The number of carbonyl (C=O) groups excluding carboxylic acids is 1. The first-order valence-corrected chi connectivity index (χ1v) is 9.95. The predicted octanol–water partition coefficient (Wildman–Crippen LogP) is 6.59. The summed E-state index contributed by atoms with van der Waals surface area (Å²) < 4.78 is 54.6. The molecule has 0 radical (unpaired) electrons. The zero-order valence-corrected chi connectivity index (χ0v) is 17.7. The molecule has 0 aliphatic heterocycles. The van der Waals surface area contributed by atoms with Crippen LogP contribution in [0.3, 0.4) is 0 Å². The number of aryl methyl sites for hydroxylation is 1. The molecule has 0 spiro atoms. The maximum atomic E-state index is 13.7. The zero-order valence-electron chi connectivity index (χ0n) is 16.2. The highest BCUT2D eigenvalue weighted by molar-refractivity contribution is 6.34. The Morgan fingerprint density at radius 1 is 1.23 bits per heavy atom. The van der Waals surface area contributed by atoms with Gasteiger partial charge in [-0.05, 0) is 54.7 Å². The standard InChI is InChI=1S/C22H16Cl2F4N2O/c1-12-8-14(10-18(24)19(12)25)16(22(26,27)28)5-3-13-2-4-15(17(23)9-13)20(31)30-21(11-29)6-7-21/h2-5,8-10,16H,6-7H2,1H3,(H,30,31)/b5-3+. The molecule has 0 saturated heterocycles. The molecule has 1 aliphatic rings. The quantitative estimate of drug-likeness (QED) is 0.501. The first-order chi connectivity index (χ1) is 14.5. The van der Waals surface area contributed by atoms with Crippen molar-refractivity contribution in [3.63, 3.8) is 0 Å². The Labute approximate surface area is 186 Å². The summed E-state index contributed by atoms with van der Waals surface area (Å²) in [7, 11) is 0. The fourth-order valence-electron chi connectivity index (χ4n) is 3.04. The van der Waals surface area contributed by atoms with E-state index in [0.717, 1.165) is 18.2 Å². The molecule has 1 N–H and O–H groups in total. The number of carbonyl (C=O) groups is 1. The van der Waals surface area contributed by atoms with E-state index in [1.54, 1.807) is 0 Å². The van der Waals surface area contributed by atoms with Crippen LogP contribution in [0, 0.1) is 24.1 Å². The normalized spacial score (nSPS) is 16.1. The Morgan fingerprint density at radius 2 is 1.90 bits per heavy atom. The zero-order chi connectivity index (χ0) is 23.0. The van der Waals surface area contributed by atoms with Crippen molar-refractivity contribution >= 4 is 35.2 Å². The number of hydrogen-bond acceptors (Lipinski definition) is 2. The van der Waals surface area contributed by atoms with Gasteiger partial charge in [-0.3, -0.25) is 4.79 Å². The number of alkyl halides is 3. The third-order valence-electron chi connectivity index (χ3n) is 4.98. The van der Waals surface area contributed by atoms with Crippen LogP contribution in [0.25, 0.3) is 6.08 Å². The van der Waals surface area contributed by atoms with E-state index in [-0.39, 0.29) is 26.7 Å². The first kappa shape index (κ1) is 23.1. The molecule has 0 heterocycles. The molecule has 3 nitrogen and oxygen atoms in total. The van der Waals surface area contributed by atoms with Gasteiger partial charge >= 0.3 is 6.18 Å². The largest absolute Gasteiger partial charge is 0.399 e. The van der Waals surface area contributed by atoms with Gasteiger partial charge in [0.2, 0.25) is 0 Å². The molecule has 0 bridgehead atoms. The number of nitrogens with zero attached hydrogens (tertiary/aromatic N) is 1. The summed E-state index contributed by atoms with van der Waals surface area (Å²) in [5, 5.41) is 11.3. The van der Waals surface area contributed by atoms with Gasteiger partial charge in [0.1, 0.15) is 11.4 Å². The lowest BCUT2D eigenvalue weighted by atomic mass is 9.95. The molecular formula is C22H16Cl2F4N2O. The Kier molecular flexibility index (Phi) is 6.35. The second kappa shape index (κ2) is 8.52. The van der Waals surface area contributed by atoms with E-state index in [9.17, 15) is 22.4 Å². The van der Waals surface area contributed by atoms with Crippen LogP contribution in [0.15, 0.2) is 36.4 Å². The summed E-state index contributed by atoms with van der Waals surface area (Å²) in [6, 6.07) is 8.27. The van der Waals surface area contributed by atoms with Crippen molar-refractivity contribution < 1.29 is 22.4 Å². The Morgan fingerprint density at radius 3 is 2.42 bits per heavy atom. The number of halogens is 6. The summed E-state index contributed by atoms with van der Waals surface area (Å²) in [5.74, 6) is -3.30. The highest BCUT2D eigenvalue weighted by Gasteiger charge is 2.45. The predicted molar refractivity (Wildman–Crippen MR) is 110 cm³/mol. The van der Waals surface area contributed by atoms with E-state index in [0.29, 0.717) is 18.4 Å². The molecular weight excluding hydrogens is 455 g/mol. The van der Waals surface area contributed by atoms with E-state index in [4.69, 9.17) is 28.5 Å². The number of hydrogen-bond donors (Lipinski definition) is 1. The van der Waals surface area contributed by atoms with Gasteiger partial charge < -0.3 is 5.32 Å². The molecule has 2 aromatic carbocycles. The molecule has 1 unspecified atom stereocenters. The lowest BCUT2D eigenvalue weighted by Gasteiger charge is -2.18. The fourth-order valence-corrected chi connectivity index (χ4v) is 3.59. The molecule has 162 valence electrons. The third kappa shape index (κ3) is 5.20. The maximum Gasteiger partial charge on any atom is 0.399 e. The number of amides is 1. The lowest BCUT2D eigenvalue weighted by Crippen LogP contribution is -2.35. The molecule has 1 atom stereocenters. The van der Waals surface area contributed by atoms with Crippen LogP contribution in [0.2, 0.25) is 10.0 Å². The molecule has 2 aromatic rings. The average Bonchev–Trinajstić information content (AvgIpc) is 3.45. The van der Waals surface area contributed by atoms with Gasteiger partial charge in [-0.2, -0.15) is 18.4 Å². The molecule has 0 aromatic heterocycles. The SMILES string of the molecule is Cc1cc(C(/C=C/c2ccc(C(=O)NC3(C#N)CC3)c(Cl)c2)C(F)(F)F)cc(Cl)c1F. The summed E-state index contributed by atoms with van der Waals surface area (Å²) in [6.07, 6.45) is -1.39. The summed E-state index contributed by atoms with van der Waals surface area (Å²) in [4.78, 5) is 12.3. The minimum Gasteiger partial charge on any atom is -0.334 e. The van der Waals surface area contributed by atoms with Crippen LogP contribution in [0.5, 0.6) is 0 Å². The molecule has 31 heavy (non-hydrogen) atoms. The lowest BCUT2D eigenvalue weighted by molar-refractivity contribution is -0.139. The molecule has 9 heteroatoms. The van der Waals surface area contributed by atoms with Crippen LogP contribution < -0.4 is 5.32 Å². The molecule has 1 aliphatic carbocycles. The number of rotatable bonds is 5. The Hall–Kier alpha value is -2.56. The van der Waals surface area contributed by atoms with Gasteiger partial charge in [0, 0.05) is 0 Å². The van der Waals surface area contributed by atoms with Crippen molar-refractivity contribution in [2.75, 3.05) is 0 Å². The van der Waals surface area contributed by atoms with Crippen LogP contribution in [0.1, 0.15) is 45.8 Å². The van der Waals surface area contributed by atoms with Gasteiger partial charge in [0.25, 0.3) is 5.91 Å². The van der Waals surface area contributed by atoms with Crippen LogP contribution >= 0.6 is 23.2 Å². The van der Waals surface area contributed by atoms with Gasteiger partial charge in [-0.1, -0.05) is 47.5 Å². The van der Waals surface area contributed by atoms with E-state index in [1.165, 1.54) is 31.2 Å². The van der Waals surface area contributed by atoms with E-state index < -0.39 is 29.4 Å². The van der Waals surface area contributed by atoms with Gasteiger partial charge in [-0.25, -0.2) is 4.39 Å². The molecule has 1 amide bonds. The molecule has 1 fully saturated rings. The Balaban J connectivity index is 1.85.